The number of hydrogen-bond acceptors (Lipinski definition) is 6. The van der Waals surface area contributed by atoms with E-state index in [2.05, 4.69) is 15.8 Å². The van der Waals surface area contributed by atoms with Gasteiger partial charge in [-0.05, 0) is 37.1 Å². The molecule has 0 fully saturated rings. The first kappa shape index (κ1) is 18.8. The first-order chi connectivity index (χ1) is 13.0. The van der Waals surface area contributed by atoms with Crippen molar-refractivity contribution >= 4 is 34.7 Å². The maximum absolute atomic E-state index is 11.9. The van der Waals surface area contributed by atoms with Gasteiger partial charge in [-0.2, -0.15) is 0 Å². The van der Waals surface area contributed by atoms with Gasteiger partial charge in [0.05, 0.1) is 5.75 Å². The fourth-order valence-electron chi connectivity index (χ4n) is 2.42. The van der Waals surface area contributed by atoms with Gasteiger partial charge in [0.2, 0.25) is 5.91 Å². The van der Waals surface area contributed by atoms with Gasteiger partial charge in [-0.1, -0.05) is 42.1 Å². The van der Waals surface area contributed by atoms with Crippen molar-refractivity contribution in [1.82, 2.24) is 15.8 Å². The summed E-state index contributed by atoms with van der Waals surface area (Å²) in [5.74, 6) is -0.0868. The summed E-state index contributed by atoms with van der Waals surface area (Å²) in [5.41, 5.74) is 7.96. The molecule has 0 saturated heterocycles. The Balaban J connectivity index is 1.41. The Morgan fingerprint density at radius 3 is 2.48 bits per heavy atom. The zero-order chi connectivity index (χ0) is 19.2. The van der Waals surface area contributed by atoms with Crippen molar-refractivity contribution in [3.63, 3.8) is 0 Å². The number of rotatable bonds is 6. The van der Waals surface area contributed by atoms with E-state index in [1.165, 1.54) is 0 Å². The zero-order valence-electron chi connectivity index (χ0n) is 14.9. The van der Waals surface area contributed by atoms with Crippen LogP contribution in [0.5, 0.6) is 5.75 Å². The molecule has 0 spiro atoms. The van der Waals surface area contributed by atoms with Crippen molar-refractivity contribution in [2.45, 2.75) is 19.1 Å². The van der Waals surface area contributed by atoms with Gasteiger partial charge in [-0.15, -0.1) is 0 Å². The van der Waals surface area contributed by atoms with Gasteiger partial charge < -0.3 is 9.15 Å². The van der Waals surface area contributed by atoms with Crippen LogP contribution >= 0.6 is 11.8 Å². The third-order valence-electron chi connectivity index (χ3n) is 3.70. The number of hydrogen-bond donors (Lipinski definition) is 2. The van der Waals surface area contributed by atoms with Crippen LogP contribution in [0.15, 0.2) is 52.1 Å². The van der Waals surface area contributed by atoms with Crippen molar-refractivity contribution < 1.29 is 18.7 Å². The number of nitrogens with one attached hydrogen (secondary N) is 2. The molecule has 2 N–H and O–H groups in total. The molecule has 1 heterocycles. The fourth-order valence-corrected chi connectivity index (χ4v) is 3.05. The molecule has 0 bridgehead atoms. The largest absolute Gasteiger partial charge is 0.483 e. The number of hydrazine groups is 1. The predicted molar refractivity (Wildman–Crippen MR) is 102 cm³/mol. The molecule has 0 atom stereocenters. The molecule has 0 aliphatic rings. The number of amides is 2. The highest BCUT2D eigenvalue weighted by Gasteiger charge is 2.11. The first-order valence-corrected chi connectivity index (χ1v) is 9.26. The Morgan fingerprint density at radius 2 is 1.74 bits per heavy atom. The standard InChI is InChI=1S/C19H19N3O4S/c1-12-6-5-7-13(2)18(12)25-10-16(23)21-22-17(24)11-27-19-20-14-8-3-4-9-15(14)26-19/h3-9H,10-11H2,1-2H3,(H,21,23)(H,22,24). The molecular formula is C19H19N3O4S. The molecule has 0 aliphatic carbocycles. The minimum atomic E-state index is -0.446. The minimum Gasteiger partial charge on any atom is -0.483 e. The normalized spacial score (nSPS) is 10.6. The molecule has 3 aromatic rings. The summed E-state index contributed by atoms with van der Waals surface area (Å²) in [5, 5.41) is 0.399. The van der Waals surface area contributed by atoms with Crippen molar-refractivity contribution in [1.29, 1.82) is 0 Å². The summed E-state index contributed by atoms with van der Waals surface area (Å²) in [6.45, 7) is 3.63. The van der Waals surface area contributed by atoms with E-state index in [9.17, 15) is 9.59 Å². The number of benzene rings is 2. The van der Waals surface area contributed by atoms with Gasteiger partial charge >= 0.3 is 0 Å². The lowest BCUT2D eigenvalue weighted by Gasteiger charge is -2.12. The number of carbonyl (C=O) groups excluding carboxylic acids is 2. The number of aryl methyl sites for hydroxylation is 2. The van der Waals surface area contributed by atoms with E-state index in [-0.39, 0.29) is 18.3 Å². The van der Waals surface area contributed by atoms with Crippen LogP contribution in [-0.4, -0.2) is 29.2 Å². The second-order valence-corrected chi connectivity index (χ2v) is 6.77. The first-order valence-electron chi connectivity index (χ1n) is 8.28. The Labute approximate surface area is 160 Å². The monoisotopic (exact) mass is 385 g/mol. The molecule has 0 saturated carbocycles. The lowest BCUT2D eigenvalue weighted by Crippen LogP contribution is -2.44. The number of fused-ring (bicyclic) bond motifs is 1. The maximum atomic E-state index is 11.9. The topological polar surface area (TPSA) is 93.5 Å². The van der Waals surface area contributed by atoms with E-state index in [0.29, 0.717) is 16.6 Å². The summed E-state index contributed by atoms with van der Waals surface area (Å²) in [4.78, 5) is 28.0. The van der Waals surface area contributed by atoms with Gasteiger partial charge in [0, 0.05) is 0 Å². The van der Waals surface area contributed by atoms with Crippen LogP contribution in [0, 0.1) is 13.8 Å². The third kappa shape index (κ3) is 5.01. The van der Waals surface area contributed by atoms with Crippen molar-refractivity contribution in [2.75, 3.05) is 12.4 Å². The third-order valence-corrected chi connectivity index (χ3v) is 4.53. The average Bonchev–Trinajstić information content (AvgIpc) is 3.07. The number of thioether (sulfide) groups is 1. The molecule has 0 unspecified atom stereocenters. The summed E-state index contributed by atoms with van der Waals surface area (Å²) in [6.07, 6.45) is 0. The van der Waals surface area contributed by atoms with Crippen LogP contribution in [0.4, 0.5) is 0 Å². The van der Waals surface area contributed by atoms with E-state index in [1.807, 2.05) is 56.3 Å². The quantitative estimate of drug-likeness (QED) is 0.501. The minimum absolute atomic E-state index is 0.0604. The molecule has 27 heavy (non-hydrogen) atoms. The molecular weight excluding hydrogens is 366 g/mol. The second-order valence-electron chi connectivity index (χ2n) is 5.84. The molecule has 7 nitrogen and oxygen atoms in total. The highest BCUT2D eigenvalue weighted by Crippen LogP contribution is 2.23. The maximum Gasteiger partial charge on any atom is 0.276 e. The zero-order valence-corrected chi connectivity index (χ0v) is 15.8. The van der Waals surface area contributed by atoms with Gasteiger partial charge in [-0.3, -0.25) is 20.4 Å². The van der Waals surface area contributed by atoms with Crippen LogP contribution in [-0.2, 0) is 9.59 Å². The average molecular weight is 385 g/mol. The van der Waals surface area contributed by atoms with E-state index in [4.69, 9.17) is 9.15 Å². The van der Waals surface area contributed by atoms with Crippen molar-refractivity contribution in [3.05, 3.63) is 53.6 Å². The molecule has 0 radical (unpaired) electrons. The lowest BCUT2D eigenvalue weighted by atomic mass is 10.1. The second kappa shape index (κ2) is 8.59. The van der Waals surface area contributed by atoms with Crippen LogP contribution in [0.2, 0.25) is 0 Å². The number of para-hydroxylation sites is 3. The number of nitrogens with zero attached hydrogens (tertiary/aromatic N) is 1. The van der Waals surface area contributed by atoms with Crippen LogP contribution in [0.3, 0.4) is 0 Å². The summed E-state index contributed by atoms with van der Waals surface area (Å²) in [6, 6.07) is 13.1. The number of ether oxygens (including phenoxy) is 1. The van der Waals surface area contributed by atoms with Gasteiger partial charge in [-0.25, -0.2) is 4.98 Å². The summed E-state index contributed by atoms with van der Waals surface area (Å²) < 4.78 is 11.0. The van der Waals surface area contributed by atoms with Gasteiger partial charge in [0.1, 0.15) is 11.3 Å². The number of aromatic nitrogens is 1. The fraction of sp³-hybridized carbons (Fsp3) is 0.211. The van der Waals surface area contributed by atoms with Crippen molar-refractivity contribution in [2.24, 2.45) is 0 Å². The van der Waals surface area contributed by atoms with E-state index >= 15 is 0 Å². The highest BCUT2D eigenvalue weighted by atomic mass is 32.2. The number of carbonyl (C=O) groups is 2. The Kier molecular flexibility index (Phi) is 5.97. The summed E-state index contributed by atoms with van der Waals surface area (Å²) in [7, 11) is 0. The molecule has 3 rings (SSSR count). The molecule has 8 heteroatoms. The Morgan fingerprint density at radius 1 is 1.04 bits per heavy atom. The lowest BCUT2D eigenvalue weighted by molar-refractivity contribution is -0.128. The van der Waals surface area contributed by atoms with Gasteiger partial charge in [0.25, 0.3) is 11.1 Å². The van der Waals surface area contributed by atoms with Crippen molar-refractivity contribution in [3.8, 4) is 5.75 Å². The molecule has 2 amide bonds. The molecule has 0 aliphatic heterocycles. The highest BCUT2D eigenvalue weighted by molar-refractivity contribution is 7.99. The van der Waals surface area contributed by atoms with E-state index in [1.54, 1.807) is 0 Å². The molecule has 140 valence electrons. The Bertz CT molecular complexity index is 917. The van der Waals surface area contributed by atoms with Crippen LogP contribution < -0.4 is 15.6 Å². The van der Waals surface area contributed by atoms with Crippen LogP contribution in [0.25, 0.3) is 11.1 Å². The summed E-state index contributed by atoms with van der Waals surface area (Å²) >= 11 is 1.15. The SMILES string of the molecule is Cc1cccc(C)c1OCC(=O)NNC(=O)CSc1nc2ccccc2o1. The van der Waals surface area contributed by atoms with Crippen LogP contribution in [0.1, 0.15) is 11.1 Å². The molecule has 2 aromatic carbocycles. The smallest absolute Gasteiger partial charge is 0.276 e. The molecule has 1 aromatic heterocycles. The van der Waals surface area contributed by atoms with Gasteiger partial charge in [0.15, 0.2) is 12.2 Å². The Hall–Kier alpha value is -3.00. The predicted octanol–water partition coefficient (Wildman–Crippen LogP) is 2.76. The number of oxazole rings is 1. The van der Waals surface area contributed by atoms with E-state index in [0.717, 1.165) is 28.4 Å². The van der Waals surface area contributed by atoms with E-state index < -0.39 is 5.91 Å².